The number of rotatable bonds is 5. The first kappa shape index (κ1) is 11.4. The lowest BCUT2D eigenvalue weighted by Crippen LogP contribution is -1.90. The Morgan fingerprint density at radius 3 is 2.43 bits per heavy atom. The van der Waals surface area contributed by atoms with E-state index in [1.165, 1.54) is 17.7 Å². The lowest BCUT2D eigenvalue weighted by atomic mass is 10.2. The van der Waals surface area contributed by atoms with Gasteiger partial charge in [0.15, 0.2) is 0 Å². The molecule has 1 aromatic rings. The van der Waals surface area contributed by atoms with Crippen molar-refractivity contribution in [3.63, 3.8) is 0 Å². The third-order valence-corrected chi connectivity index (χ3v) is 3.57. The fourth-order valence-corrected chi connectivity index (χ4v) is 2.20. The number of ether oxygens (including phenoxy) is 1. The summed E-state index contributed by atoms with van der Waals surface area (Å²) in [6.45, 7) is 4.47. The van der Waals surface area contributed by atoms with Gasteiger partial charge < -0.3 is 4.74 Å². The Morgan fingerprint density at radius 2 is 1.93 bits per heavy atom. The smallest absolute Gasteiger partial charge is 0.118 e. The van der Waals surface area contributed by atoms with E-state index in [2.05, 4.69) is 26.0 Å². The second kappa shape index (κ2) is 5.97. The summed E-state index contributed by atoms with van der Waals surface area (Å²) in [5.74, 6) is 2.16. The van der Waals surface area contributed by atoms with E-state index < -0.39 is 0 Å². The third-order valence-electron chi connectivity index (χ3n) is 2.16. The van der Waals surface area contributed by atoms with Gasteiger partial charge >= 0.3 is 0 Å². The van der Waals surface area contributed by atoms with Crippen LogP contribution in [0.1, 0.15) is 31.1 Å². The quantitative estimate of drug-likeness (QED) is 0.729. The van der Waals surface area contributed by atoms with E-state index in [1.807, 2.05) is 23.9 Å². The highest BCUT2D eigenvalue weighted by molar-refractivity contribution is 7.99. The van der Waals surface area contributed by atoms with Crippen LogP contribution in [0.25, 0.3) is 0 Å². The van der Waals surface area contributed by atoms with E-state index in [0.717, 1.165) is 5.75 Å². The molecule has 0 heterocycles. The van der Waals surface area contributed by atoms with Crippen LogP contribution >= 0.6 is 11.8 Å². The van der Waals surface area contributed by atoms with E-state index >= 15 is 0 Å². The van der Waals surface area contributed by atoms with Crippen LogP contribution in [0.4, 0.5) is 0 Å². The van der Waals surface area contributed by atoms with Crippen molar-refractivity contribution >= 4 is 11.8 Å². The van der Waals surface area contributed by atoms with Gasteiger partial charge in [0, 0.05) is 5.25 Å². The predicted octanol–water partition coefficient (Wildman–Crippen LogP) is 3.90. The van der Waals surface area contributed by atoms with E-state index in [1.54, 1.807) is 7.11 Å². The second-order valence-electron chi connectivity index (χ2n) is 3.29. The molecular formula is C12H18OS. The summed E-state index contributed by atoms with van der Waals surface area (Å²) in [7, 11) is 1.70. The molecule has 0 radical (unpaired) electrons. The Labute approximate surface area is 90.9 Å². The molecule has 0 aliphatic carbocycles. The van der Waals surface area contributed by atoms with Crippen molar-refractivity contribution in [1.29, 1.82) is 0 Å². The zero-order valence-electron chi connectivity index (χ0n) is 9.12. The average molecular weight is 210 g/mol. The molecule has 1 aromatic carbocycles. The van der Waals surface area contributed by atoms with Gasteiger partial charge in [0.05, 0.1) is 7.11 Å². The zero-order chi connectivity index (χ0) is 10.4. The molecule has 14 heavy (non-hydrogen) atoms. The third kappa shape index (κ3) is 3.26. The summed E-state index contributed by atoms with van der Waals surface area (Å²) >= 11 is 2.00. The van der Waals surface area contributed by atoms with Crippen LogP contribution in [0.15, 0.2) is 24.3 Å². The van der Waals surface area contributed by atoms with Gasteiger partial charge in [0.1, 0.15) is 5.75 Å². The van der Waals surface area contributed by atoms with Crippen LogP contribution in [0, 0.1) is 0 Å². The van der Waals surface area contributed by atoms with Crippen molar-refractivity contribution in [2.45, 2.75) is 25.5 Å². The van der Waals surface area contributed by atoms with Crippen molar-refractivity contribution in [2.24, 2.45) is 0 Å². The monoisotopic (exact) mass is 210 g/mol. The minimum Gasteiger partial charge on any atom is -0.497 e. The first-order chi connectivity index (χ1) is 6.77. The van der Waals surface area contributed by atoms with Gasteiger partial charge in [0.25, 0.3) is 0 Å². The molecule has 1 atom stereocenters. The van der Waals surface area contributed by atoms with E-state index in [4.69, 9.17) is 4.74 Å². The molecule has 0 bridgehead atoms. The highest BCUT2D eigenvalue weighted by Gasteiger charge is 2.04. The average Bonchev–Trinajstić information content (AvgIpc) is 2.26. The van der Waals surface area contributed by atoms with Gasteiger partial charge in [-0.25, -0.2) is 0 Å². The summed E-state index contributed by atoms with van der Waals surface area (Å²) in [5, 5.41) is 0.584. The molecule has 0 N–H and O–H groups in total. The molecule has 1 nitrogen and oxygen atoms in total. The minimum absolute atomic E-state index is 0.584. The second-order valence-corrected chi connectivity index (χ2v) is 4.73. The Hall–Kier alpha value is -0.630. The Morgan fingerprint density at radius 1 is 1.29 bits per heavy atom. The lowest BCUT2D eigenvalue weighted by molar-refractivity contribution is 0.414. The number of hydrogen-bond acceptors (Lipinski definition) is 2. The van der Waals surface area contributed by atoms with Crippen molar-refractivity contribution < 1.29 is 4.74 Å². The first-order valence-electron chi connectivity index (χ1n) is 5.03. The van der Waals surface area contributed by atoms with Crippen LogP contribution in [-0.4, -0.2) is 12.9 Å². The Bertz CT molecular complexity index is 256. The molecule has 2 heteroatoms. The number of methoxy groups -OCH3 is 1. The van der Waals surface area contributed by atoms with Crippen LogP contribution < -0.4 is 4.74 Å². The van der Waals surface area contributed by atoms with E-state index in [-0.39, 0.29) is 0 Å². The van der Waals surface area contributed by atoms with Gasteiger partial charge in [-0.1, -0.05) is 19.1 Å². The lowest BCUT2D eigenvalue weighted by Gasteiger charge is -2.11. The summed E-state index contributed by atoms with van der Waals surface area (Å²) in [5.41, 5.74) is 1.38. The molecule has 0 fully saturated rings. The van der Waals surface area contributed by atoms with Gasteiger partial charge in [-0.2, -0.15) is 11.8 Å². The molecule has 0 saturated carbocycles. The van der Waals surface area contributed by atoms with Gasteiger partial charge in [-0.3, -0.25) is 0 Å². The Kier molecular flexibility index (Phi) is 4.88. The highest BCUT2D eigenvalue weighted by atomic mass is 32.2. The number of thioether (sulfide) groups is 1. The highest BCUT2D eigenvalue weighted by Crippen LogP contribution is 2.29. The maximum atomic E-state index is 5.12. The largest absolute Gasteiger partial charge is 0.497 e. The van der Waals surface area contributed by atoms with Crippen LogP contribution in [-0.2, 0) is 0 Å². The molecule has 78 valence electrons. The zero-order valence-corrected chi connectivity index (χ0v) is 9.93. The Balaban J connectivity index is 2.57. The normalized spacial score (nSPS) is 12.5. The van der Waals surface area contributed by atoms with Crippen molar-refractivity contribution in [2.75, 3.05) is 12.9 Å². The molecule has 0 aliphatic rings. The van der Waals surface area contributed by atoms with Crippen LogP contribution in [0.3, 0.4) is 0 Å². The molecule has 1 unspecified atom stereocenters. The van der Waals surface area contributed by atoms with Crippen molar-refractivity contribution in [3.05, 3.63) is 29.8 Å². The maximum Gasteiger partial charge on any atom is 0.118 e. The van der Waals surface area contributed by atoms with Crippen LogP contribution in [0.5, 0.6) is 5.75 Å². The molecule has 0 aromatic heterocycles. The van der Waals surface area contributed by atoms with E-state index in [0.29, 0.717) is 5.25 Å². The maximum absolute atomic E-state index is 5.12. The molecule has 1 rings (SSSR count). The molecule has 0 saturated heterocycles. The van der Waals surface area contributed by atoms with Gasteiger partial charge in [-0.15, -0.1) is 0 Å². The fraction of sp³-hybridized carbons (Fsp3) is 0.500. The van der Waals surface area contributed by atoms with Crippen LogP contribution in [0.2, 0.25) is 0 Å². The molecule has 0 spiro atoms. The predicted molar refractivity (Wildman–Crippen MR) is 64.2 cm³/mol. The number of hydrogen-bond donors (Lipinski definition) is 0. The summed E-state index contributed by atoms with van der Waals surface area (Å²) < 4.78 is 5.12. The molecule has 0 amide bonds. The van der Waals surface area contributed by atoms with Gasteiger partial charge in [0.2, 0.25) is 0 Å². The first-order valence-corrected chi connectivity index (χ1v) is 6.08. The summed E-state index contributed by atoms with van der Waals surface area (Å²) in [4.78, 5) is 0. The SMILES string of the molecule is CCCSC(C)c1ccc(OC)cc1. The topological polar surface area (TPSA) is 9.23 Å². The van der Waals surface area contributed by atoms with Crippen molar-refractivity contribution in [3.8, 4) is 5.75 Å². The summed E-state index contributed by atoms with van der Waals surface area (Å²) in [6.07, 6.45) is 1.24. The van der Waals surface area contributed by atoms with Crippen molar-refractivity contribution in [1.82, 2.24) is 0 Å². The standard InChI is InChI=1S/C12H18OS/c1-4-9-14-10(2)11-5-7-12(13-3)8-6-11/h5-8,10H,4,9H2,1-3H3. The minimum atomic E-state index is 0.584. The molecule has 0 aliphatic heterocycles. The fourth-order valence-electron chi connectivity index (χ4n) is 1.27. The molecular weight excluding hydrogens is 192 g/mol. The van der Waals surface area contributed by atoms with Gasteiger partial charge in [-0.05, 0) is 36.8 Å². The summed E-state index contributed by atoms with van der Waals surface area (Å²) in [6, 6.07) is 8.34. The number of benzene rings is 1. The van der Waals surface area contributed by atoms with E-state index in [9.17, 15) is 0 Å².